The number of esters is 1. The highest BCUT2D eigenvalue weighted by Crippen LogP contribution is 2.24. The van der Waals surface area contributed by atoms with E-state index < -0.39 is 5.69 Å². The first-order valence-corrected chi connectivity index (χ1v) is 10.8. The van der Waals surface area contributed by atoms with Crippen LogP contribution in [-0.4, -0.2) is 69.3 Å². The zero-order chi connectivity index (χ0) is 21.3. The normalized spacial score (nSPS) is 18.8. The number of imidazole rings is 1. The van der Waals surface area contributed by atoms with Gasteiger partial charge < -0.3 is 14.6 Å². The van der Waals surface area contributed by atoms with Crippen LogP contribution in [0.1, 0.15) is 32.1 Å². The third-order valence-corrected chi connectivity index (χ3v) is 6.34. The standard InChI is InChI=1S/C20H30N6O4/c1-23-16-15(17(27)24(2)20(23)29)21-19(22-16)26-10-8-25(9-11-26)12-13-30-18(28)14-6-4-3-5-7-14/h14H,3-13H2,1-2H3,(H,21,22). The highest BCUT2D eigenvalue weighted by molar-refractivity contribution is 5.73. The highest BCUT2D eigenvalue weighted by Gasteiger charge is 2.24. The summed E-state index contributed by atoms with van der Waals surface area (Å²) in [5, 5.41) is 0. The van der Waals surface area contributed by atoms with E-state index in [4.69, 9.17) is 4.74 Å². The van der Waals surface area contributed by atoms with E-state index in [1.165, 1.54) is 18.0 Å². The number of rotatable bonds is 5. The van der Waals surface area contributed by atoms with Crippen molar-refractivity contribution < 1.29 is 9.53 Å². The van der Waals surface area contributed by atoms with Gasteiger partial charge in [0.2, 0.25) is 5.95 Å². The molecule has 2 aromatic heterocycles. The molecule has 10 heteroatoms. The topological polar surface area (TPSA) is 105 Å². The molecular weight excluding hydrogens is 388 g/mol. The van der Waals surface area contributed by atoms with E-state index in [0.29, 0.717) is 23.7 Å². The fraction of sp³-hybridized carbons (Fsp3) is 0.700. The van der Waals surface area contributed by atoms with Gasteiger partial charge in [-0.1, -0.05) is 19.3 Å². The fourth-order valence-electron chi connectivity index (χ4n) is 4.38. The lowest BCUT2D eigenvalue weighted by Gasteiger charge is -2.34. The molecule has 4 rings (SSSR count). The van der Waals surface area contributed by atoms with Gasteiger partial charge in [-0.25, -0.2) is 4.79 Å². The second kappa shape index (κ2) is 8.63. The predicted molar refractivity (Wildman–Crippen MR) is 113 cm³/mol. The van der Waals surface area contributed by atoms with E-state index in [0.717, 1.165) is 63.0 Å². The Kier molecular flexibility index (Phi) is 5.94. The summed E-state index contributed by atoms with van der Waals surface area (Å²) >= 11 is 0. The maximum atomic E-state index is 12.3. The van der Waals surface area contributed by atoms with Crippen LogP contribution < -0.4 is 16.1 Å². The molecule has 164 valence electrons. The number of carbonyl (C=O) groups excluding carboxylic acids is 1. The number of aromatic nitrogens is 4. The number of anilines is 1. The number of aryl methyl sites for hydroxylation is 1. The maximum absolute atomic E-state index is 12.3. The van der Waals surface area contributed by atoms with Crippen molar-refractivity contribution in [3.8, 4) is 0 Å². The summed E-state index contributed by atoms with van der Waals surface area (Å²) in [6.07, 6.45) is 5.41. The van der Waals surface area contributed by atoms with Crippen molar-refractivity contribution >= 4 is 23.1 Å². The lowest BCUT2D eigenvalue weighted by Crippen LogP contribution is -2.47. The minimum atomic E-state index is -0.391. The lowest BCUT2D eigenvalue weighted by molar-refractivity contribution is -0.150. The minimum Gasteiger partial charge on any atom is -0.464 e. The van der Waals surface area contributed by atoms with Gasteiger partial charge in [0.1, 0.15) is 6.61 Å². The molecule has 10 nitrogen and oxygen atoms in total. The summed E-state index contributed by atoms with van der Waals surface area (Å²) in [5.41, 5.74) is -0.0507. The van der Waals surface area contributed by atoms with Gasteiger partial charge in [0.15, 0.2) is 11.2 Å². The quantitative estimate of drug-likeness (QED) is 0.692. The molecular formula is C20H30N6O4. The Morgan fingerprint density at radius 1 is 1.07 bits per heavy atom. The number of nitrogens with zero attached hydrogens (tertiary/aromatic N) is 5. The number of nitrogens with one attached hydrogen (secondary N) is 1. The number of aromatic amines is 1. The van der Waals surface area contributed by atoms with Crippen molar-refractivity contribution in [2.24, 2.45) is 20.0 Å². The van der Waals surface area contributed by atoms with Crippen LogP contribution in [-0.2, 0) is 23.6 Å². The molecule has 0 unspecified atom stereocenters. The monoisotopic (exact) mass is 418 g/mol. The third kappa shape index (κ3) is 4.00. The fourth-order valence-corrected chi connectivity index (χ4v) is 4.38. The largest absolute Gasteiger partial charge is 0.464 e. The molecule has 0 aromatic carbocycles. The summed E-state index contributed by atoms with van der Waals surface area (Å²) < 4.78 is 7.97. The van der Waals surface area contributed by atoms with Gasteiger partial charge in [0.25, 0.3) is 5.56 Å². The van der Waals surface area contributed by atoms with E-state index in [9.17, 15) is 14.4 Å². The number of fused-ring (bicyclic) bond motifs is 1. The summed E-state index contributed by atoms with van der Waals surface area (Å²) in [6, 6.07) is 0. The smallest absolute Gasteiger partial charge is 0.332 e. The number of hydrogen-bond acceptors (Lipinski definition) is 7. The van der Waals surface area contributed by atoms with Gasteiger partial charge in [-0.3, -0.25) is 23.6 Å². The summed E-state index contributed by atoms with van der Waals surface area (Å²) in [6.45, 7) is 4.26. The first-order valence-electron chi connectivity index (χ1n) is 10.8. The molecule has 2 aromatic rings. The van der Waals surface area contributed by atoms with Gasteiger partial charge in [0, 0.05) is 46.8 Å². The molecule has 0 amide bonds. The van der Waals surface area contributed by atoms with Gasteiger partial charge >= 0.3 is 11.7 Å². The van der Waals surface area contributed by atoms with Crippen LogP contribution in [0.15, 0.2) is 9.59 Å². The molecule has 1 aliphatic heterocycles. The van der Waals surface area contributed by atoms with Crippen LogP contribution in [0.4, 0.5) is 5.95 Å². The van der Waals surface area contributed by atoms with E-state index >= 15 is 0 Å². The minimum absolute atomic E-state index is 0.0391. The summed E-state index contributed by atoms with van der Waals surface area (Å²) in [7, 11) is 3.08. The first kappa shape index (κ1) is 20.6. The molecule has 0 spiro atoms. The second-order valence-electron chi connectivity index (χ2n) is 8.30. The Morgan fingerprint density at radius 3 is 2.47 bits per heavy atom. The number of piperazine rings is 1. The SMILES string of the molecule is Cn1c(=O)c2[nH]c(N3CCN(CCOC(=O)C4CCCCC4)CC3)nc2n(C)c1=O. The molecule has 3 heterocycles. The van der Waals surface area contributed by atoms with Crippen molar-refractivity contribution in [1.82, 2.24) is 24.0 Å². The van der Waals surface area contributed by atoms with E-state index in [2.05, 4.69) is 19.8 Å². The molecule has 1 saturated heterocycles. The lowest BCUT2D eigenvalue weighted by atomic mass is 9.89. The van der Waals surface area contributed by atoms with Crippen molar-refractivity contribution in [1.29, 1.82) is 0 Å². The molecule has 1 saturated carbocycles. The van der Waals surface area contributed by atoms with Crippen LogP contribution in [0.5, 0.6) is 0 Å². The van der Waals surface area contributed by atoms with Gasteiger partial charge in [0.05, 0.1) is 5.92 Å². The molecule has 1 N–H and O–H groups in total. The highest BCUT2D eigenvalue weighted by atomic mass is 16.5. The molecule has 1 aliphatic carbocycles. The zero-order valence-corrected chi connectivity index (χ0v) is 17.7. The summed E-state index contributed by atoms with van der Waals surface area (Å²) in [5.74, 6) is 0.654. The Balaban J connectivity index is 1.31. The molecule has 0 atom stereocenters. The van der Waals surface area contributed by atoms with Crippen molar-refractivity contribution in [3.05, 3.63) is 20.8 Å². The van der Waals surface area contributed by atoms with Gasteiger partial charge in [-0.2, -0.15) is 4.98 Å². The average Bonchev–Trinajstić information content (AvgIpc) is 3.23. The van der Waals surface area contributed by atoms with Gasteiger partial charge in [-0.15, -0.1) is 0 Å². The summed E-state index contributed by atoms with van der Waals surface area (Å²) in [4.78, 5) is 48.5. The maximum Gasteiger partial charge on any atom is 0.332 e. The van der Waals surface area contributed by atoms with Crippen molar-refractivity contribution in [2.75, 3.05) is 44.2 Å². The van der Waals surface area contributed by atoms with E-state index in [-0.39, 0.29) is 17.4 Å². The molecule has 2 aliphatic rings. The Morgan fingerprint density at radius 2 is 1.77 bits per heavy atom. The van der Waals surface area contributed by atoms with E-state index in [1.807, 2.05) is 0 Å². The zero-order valence-electron chi connectivity index (χ0n) is 17.7. The van der Waals surface area contributed by atoms with Crippen LogP contribution in [0.2, 0.25) is 0 Å². The molecule has 0 radical (unpaired) electrons. The van der Waals surface area contributed by atoms with Crippen molar-refractivity contribution in [3.63, 3.8) is 0 Å². The molecule has 2 fully saturated rings. The van der Waals surface area contributed by atoms with E-state index in [1.54, 1.807) is 7.05 Å². The number of carbonyl (C=O) groups is 1. The third-order valence-electron chi connectivity index (χ3n) is 6.34. The van der Waals surface area contributed by atoms with Crippen molar-refractivity contribution in [2.45, 2.75) is 32.1 Å². The average molecular weight is 418 g/mol. The van der Waals surface area contributed by atoms with Crippen LogP contribution in [0.3, 0.4) is 0 Å². The number of ether oxygens (including phenoxy) is 1. The Labute approximate surface area is 174 Å². The van der Waals surface area contributed by atoms with Crippen LogP contribution >= 0.6 is 0 Å². The predicted octanol–water partition coefficient (Wildman–Crippen LogP) is 0.206. The molecule has 0 bridgehead atoms. The second-order valence-corrected chi connectivity index (χ2v) is 8.30. The number of H-pyrrole nitrogens is 1. The Hall–Kier alpha value is -2.62. The van der Waals surface area contributed by atoms with Gasteiger partial charge in [-0.05, 0) is 12.8 Å². The Bertz CT molecular complexity index is 1020. The van der Waals surface area contributed by atoms with Crippen LogP contribution in [0, 0.1) is 5.92 Å². The first-order chi connectivity index (χ1) is 14.5. The van der Waals surface area contributed by atoms with Crippen LogP contribution in [0.25, 0.3) is 11.2 Å². The molecule has 30 heavy (non-hydrogen) atoms. The number of hydrogen-bond donors (Lipinski definition) is 1.